The van der Waals surface area contributed by atoms with Crippen LogP contribution in [0.5, 0.6) is 17.6 Å². The fourth-order valence-electron chi connectivity index (χ4n) is 13.3. The number of aliphatic hydroxyl groups excluding tert-OH is 3. The van der Waals surface area contributed by atoms with Crippen molar-refractivity contribution in [3.63, 3.8) is 0 Å². The monoisotopic (exact) mass is 1720 g/mol. The number of ketones is 1. The van der Waals surface area contributed by atoms with Crippen LogP contribution in [0.3, 0.4) is 0 Å². The largest absolute Gasteiger partial charge is 0.479 e. The van der Waals surface area contributed by atoms with Crippen LogP contribution in [0.15, 0.2) is 49.3 Å². The molecule has 0 bridgehead atoms. The number of aliphatic hydroxyl groups is 6. The number of hydrogen-bond acceptors (Lipinski definition) is 37. The summed E-state index contributed by atoms with van der Waals surface area (Å²) >= 11 is 2.94. The minimum Gasteiger partial charge on any atom is -0.479 e. The first-order valence-electron chi connectivity index (χ1n) is 36.4. The maximum atomic E-state index is 14.0. The zero-order valence-electron chi connectivity index (χ0n) is 65.3. The number of nitrogens with one attached hydrogen (secondary N) is 3. The summed E-state index contributed by atoms with van der Waals surface area (Å²) in [4.78, 5) is 101. The molecule has 6 fully saturated rings. The lowest BCUT2D eigenvalue weighted by Crippen LogP contribution is -2.44. The van der Waals surface area contributed by atoms with Crippen molar-refractivity contribution in [2.24, 2.45) is 5.92 Å². The molecular weight excluding hydrogens is 1630 g/mol. The Labute approximate surface area is 671 Å². The first kappa shape index (κ1) is 89.0. The van der Waals surface area contributed by atoms with Crippen molar-refractivity contribution < 1.29 is 120 Å². The minimum atomic E-state index is -3.99. The Morgan fingerprint density at radius 3 is 1.52 bits per heavy atom. The molecule has 6 aliphatic heterocycles. The number of rotatable bonds is 26. The topological polar surface area (TPSA) is 530 Å². The number of nitrogens with zero attached hydrogens (tertiary/aromatic N) is 13. The van der Waals surface area contributed by atoms with E-state index in [2.05, 4.69) is 60.1 Å². The van der Waals surface area contributed by atoms with Gasteiger partial charge in [-0.3, -0.25) is 56.3 Å². The smallest absolute Gasteiger partial charge is 0.327 e. The van der Waals surface area contributed by atoms with Gasteiger partial charge in [0.2, 0.25) is 29.5 Å². The Kier molecular flexibility index (Phi) is 28.2. The molecule has 7 aromatic rings. The van der Waals surface area contributed by atoms with Gasteiger partial charge in [-0.25, -0.2) is 45.2 Å². The maximum Gasteiger partial charge on any atom is 0.327 e. The highest BCUT2D eigenvalue weighted by Gasteiger charge is 2.58. The highest BCUT2D eigenvalue weighted by Crippen LogP contribution is 2.61. The van der Waals surface area contributed by atoms with E-state index in [1.807, 2.05) is 30.3 Å². The van der Waals surface area contributed by atoms with Crippen molar-refractivity contribution in [1.29, 1.82) is 0 Å². The quantitative estimate of drug-likeness (QED) is 0.0206. The molecule has 0 spiro atoms. The second-order valence-electron chi connectivity index (χ2n) is 28.8. The van der Waals surface area contributed by atoms with Crippen LogP contribution in [-0.2, 0) is 81.5 Å². The fourth-order valence-corrected chi connectivity index (χ4v) is 25.0. The molecule has 7 unspecified atom stereocenters. The highest BCUT2D eigenvalue weighted by molar-refractivity contribution is 8.56. The van der Waals surface area contributed by atoms with Gasteiger partial charge < -0.3 is 82.1 Å². The number of fused-ring (bicyclic) bond motifs is 3. The summed E-state index contributed by atoms with van der Waals surface area (Å²) < 4.78 is 107. The van der Waals surface area contributed by atoms with Crippen LogP contribution >= 0.6 is 54.3 Å². The Morgan fingerprint density at radius 1 is 0.670 bits per heavy atom. The summed E-state index contributed by atoms with van der Waals surface area (Å²) in [6.45, 7) is 3.64. The summed E-state index contributed by atoms with van der Waals surface area (Å²) in [7, 11) is 5.75. The number of imidazole rings is 3. The Hall–Kier alpha value is -6.84. The fraction of sp³-hybridized carbons (Fsp3) is 0.618. The molecule has 19 atom stereocenters. The van der Waals surface area contributed by atoms with Crippen LogP contribution in [0.2, 0.25) is 0 Å². The lowest BCUT2D eigenvalue weighted by Gasteiger charge is -2.29. The standard InChI is InChI=1S/C25H37N6O10PS.C24H30N5O8PS.C19H28N5O7PS/c1-12(2)40-23(35)13(3)29-42(37,43-10-15-8-17(32)30(6)22(15)34)39-9-16-19(33)25(5,36)24(41-16)31-11-26-18-20(31)27-14(4)28-21(18)38-7;1-14-26-20-18(21(27-14)34-3)25-13-29(20)23-24(2,32)19(30)17(37-23)12-36-38(33)28-16(9-10-39-38)22(31)35-11-15-7-5-4-6-8-15;1-10(25)12-6-5-7-33-32(28,23-12)30-8-13-15(26)19(3,27)18(31-13)24-9-20-14-16(24)21-11(2)22-17(14)29-4/h11-13,15-16,19,24,33,36H,8-10H2,1-7H3,(H,29,37);4-8,13,16-17,19,23,30,32H,9-12H2,1-3H3,(H,28,33);9,12-13,15,18,26-27H,5-8H2,1-4H3,(H,23,28)/t13?,15?,16-,19-,24-,25-,42?;16?,17-,19-,23-,24-,38?;12?,13-,15-,18-,19-,32?/m111/s1. The summed E-state index contributed by atoms with van der Waals surface area (Å²) in [6, 6.07) is 6.84. The van der Waals surface area contributed by atoms with E-state index in [-0.39, 0.29) is 61.3 Å². The molecule has 0 aliphatic carbocycles. The summed E-state index contributed by atoms with van der Waals surface area (Å²) in [5.41, 5.74) is -2.42. The van der Waals surface area contributed by atoms with Crippen molar-refractivity contribution in [2.75, 3.05) is 65.5 Å². The van der Waals surface area contributed by atoms with E-state index in [1.165, 1.54) is 95.7 Å². The van der Waals surface area contributed by atoms with Gasteiger partial charge in [-0.1, -0.05) is 64.5 Å². The molecule has 6 aromatic heterocycles. The maximum absolute atomic E-state index is 14.0. The van der Waals surface area contributed by atoms with Crippen molar-refractivity contribution in [1.82, 2.24) is 78.7 Å². The number of carbonyl (C=O) groups excluding carboxylic acids is 5. The number of likely N-dealkylation sites (tertiary alicyclic amines) is 1. The third-order valence-electron chi connectivity index (χ3n) is 19.5. The molecule has 1 aromatic carbocycles. The molecule has 47 heteroatoms. The van der Waals surface area contributed by atoms with Gasteiger partial charge in [0, 0.05) is 30.7 Å². The molecule has 9 N–H and O–H groups in total. The van der Waals surface area contributed by atoms with Crippen LogP contribution in [0.4, 0.5) is 0 Å². The molecule has 6 aliphatic rings. The molecule has 41 nitrogen and oxygen atoms in total. The molecule has 115 heavy (non-hydrogen) atoms. The summed E-state index contributed by atoms with van der Waals surface area (Å²) in [6.07, 6.45) is -5.29. The van der Waals surface area contributed by atoms with Crippen LogP contribution in [-0.4, -0.2) is 267 Å². The van der Waals surface area contributed by atoms with Crippen molar-refractivity contribution in [3.05, 3.63) is 72.4 Å². The van der Waals surface area contributed by atoms with E-state index in [4.69, 9.17) is 51.5 Å². The Balaban J connectivity index is 0.000000171. The third kappa shape index (κ3) is 19.7. The number of aromatic nitrogens is 12. The number of amides is 2. The number of carbonyl (C=O) groups is 5. The zero-order chi connectivity index (χ0) is 83.6. The highest BCUT2D eigenvalue weighted by atomic mass is 32.7. The SMILES string of the molecule is COc1nc(C)nc2c1ncn2[C@@H]1O[C@H](COP(=O)(NC(C)C(=O)OC(C)C)SCC2CC(=O)N(C)C2=O)[C@@H](O)[C@@]1(C)O.COc1nc(C)nc2c1ncn2[C@@H]1O[C@H](COP2(=O)NC(C(=O)OCc3ccccc3)CCS2)[C@@H](O)[C@@]1(C)O.COc1nc(C)nc2c1ncn2[C@@H]1O[C@H](COP2(=O)NC(C(C)=O)CCCS2)[C@@H](O)[C@@]1(C)O. The van der Waals surface area contributed by atoms with Gasteiger partial charge in [0.25, 0.3) is 0 Å². The molecule has 6 saturated heterocycles. The predicted molar refractivity (Wildman–Crippen MR) is 414 cm³/mol. The van der Waals surface area contributed by atoms with E-state index < -0.39 is 147 Å². The van der Waals surface area contributed by atoms with Crippen molar-refractivity contribution in [3.8, 4) is 17.6 Å². The van der Waals surface area contributed by atoms with E-state index in [0.717, 1.165) is 51.0 Å². The average molecular weight is 1730 g/mol. The average Bonchev–Trinajstić information content (AvgIpc) is 1.60. The predicted octanol–water partition coefficient (Wildman–Crippen LogP) is 4.41. The Bertz CT molecular complexity index is 4860. The molecule has 0 radical (unpaired) electrons. The van der Waals surface area contributed by atoms with Gasteiger partial charge in [0.1, 0.15) is 95.4 Å². The van der Waals surface area contributed by atoms with Gasteiger partial charge in [-0.05, 0) is 94.1 Å². The lowest BCUT2D eigenvalue weighted by atomic mass is 9.96. The number of methoxy groups -OCH3 is 3. The van der Waals surface area contributed by atoms with Crippen LogP contribution in [0, 0.1) is 26.7 Å². The van der Waals surface area contributed by atoms with Crippen LogP contribution in [0.25, 0.3) is 33.5 Å². The van der Waals surface area contributed by atoms with E-state index in [9.17, 15) is 68.3 Å². The van der Waals surface area contributed by atoms with E-state index in [0.29, 0.717) is 75.3 Å². The first-order valence-corrected chi connectivity index (χ1v) is 46.0. The molecule has 0 saturated carbocycles. The van der Waals surface area contributed by atoms with Crippen molar-refractivity contribution >= 4 is 117 Å². The van der Waals surface area contributed by atoms with Crippen LogP contribution in [0.1, 0.15) is 116 Å². The molecule has 2 amide bonds. The van der Waals surface area contributed by atoms with Gasteiger partial charge >= 0.3 is 32.1 Å². The molecule has 12 heterocycles. The number of esters is 2. The number of aryl methyl sites for hydroxylation is 3. The number of benzene rings is 1. The van der Waals surface area contributed by atoms with E-state index >= 15 is 0 Å². The molecule has 13 rings (SSSR count). The normalized spacial score (nSPS) is 31.0. The van der Waals surface area contributed by atoms with Gasteiger partial charge in [0.05, 0.1) is 78.2 Å². The first-order chi connectivity index (χ1) is 54.2. The van der Waals surface area contributed by atoms with Gasteiger partial charge in [0.15, 0.2) is 52.2 Å². The van der Waals surface area contributed by atoms with Crippen molar-refractivity contribution in [2.45, 2.75) is 198 Å². The minimum absolute atomic E-state index is 0.0402. The van der Waals surface area contributed by atoms with Gasteiger partial charge in [-0.15, -0.1) is 0 Å². The second-order valence-corrected chi connectivity index (χ2v) is 41.9. The number of Topliss-reactive ketones (excluding diaryl/α,β-unsaturated/α-hetero) is 1. The second kappa shape index (κ2) is 36.4. The number of ether oxygens (including phenoxy) is 8. The summed E-state index contributed by atoms with van der Waals surface area (Å²) in [5.74, 6) is 0.162. The van der Waals surface area contributed by atoms with E-state index in [1.54, 1.807) is 34.6 Å². The van der Waals surface area contributed by atoms with Crippen LogP contribution < -0.4 is 29.5 Å². The van der Waals surface area contributed by atoms with Gasteiger partial charge in [-0.2, -0.15) is 15.0 Å². The third-order valence-corrected chi connectivity index (χ3v) is 31.9. The number of imide groups is 1. The Morgan fingerprint density at radius 2 is 1.10 bits per heavy atom. The zero-order valence-corrected chi connectivity index (χ0v) is 70.4. The number of hydrogen-bond donors (Lipinski definition) is 9. The molecular formula is C68H95N16O25P3S3. The lowest BCUT2D eigenvalue weighted by molar-refractivity contribution is -0.149. The summed E-state index contributed by atoms with van der Waals surface area (Å²) in [5, 5.41) is 74.6. The molecule has 630 valence electrons.